The molecular weight excluding hydrogens is 172 g/mol. The number of urea groups is 1. The zero-order chi connectivity index (χ0) is 5.11. The lowest BCUT2D eigenvalue weighted by Gasteiger charge is -2.11. The highest BCUT2D eigenvalue weighted by molar-refractivity contribution is 8.93. The van der Waals surface area contributed by atoms with Gasteiger partial charge in [0.2, 0.25) is 0 Å². The molecule has 4 heteroatoms. The van der Waals surface area contributed by atoms with Crippen molar-refractivity contribution < 1.29 is 4.79 Å². The lowest BCUT2D eigenvalue weighted by Crippen LogP contribution is -2.42. The normalized spacial score (nSPS) is 17.8. The zero-order valence-electron chi connectivity index (χ0n) is 4.44. The molecule has 0 radical (unpaired) electrons. The molecular formula is C4H9BrN2O. The molecule has 0 saturated carbocycles. The van der Waals surface area contributed by atoms with Crippen molar-refractivity contribution in [2.45, 2.75) is 6.42 Å². The summed E-state index contributed by atoms with van der Waals surface area (Å²) in [5.74, 6) is 0. The molecule has 8 heavy (non-hydrogen) atoms. The van der Waals surface area contributed by atoms with Gasteiger partial charge in [0.15, 0.2) is 0 Å². The molecule has 3 nitrogen and oxygen atoms in total. The van der Waals surface area contributed by atoms with Crippen LogP contribution in [0.1, 0.15) is 6.42 Å². The van der Waals surface area contributed by atoms with Crippen molar-refractivity contribution in [2.24, 2.45) is 0 Å². The maximum Gasteiger partial charge on any atom is 0.314 e. The zero-order valence-corrected chi connectivity index (χ0v) is 6.15. The first-order valence-electron chi connectivity index (χ1n) is 2.41. The molecule has 1 aliphatic heterocycles. The van der Waals surface area contributed by atoms with Gasteiger partial charge in [-0.25, -0.2) is 4.79 Å². The SMILES string of the molecule is Br.O=C1NCCCN1. The van der Waals surface area contributed by atoms with Crippen molar-refractivity contribution >= 4 is 23.0 Å². The highest BCUT2D eigenvalue weighted by Gasteiger charge is 2.02. The van der Waals surface area contributed by atoms with Crippen LogP contribution in [0.15, 0.2) is 0 Å². The first-order chi connectivity index (χ1) is 3.39. The van der Waals surface area contributed by atoms with E-state index in [0.717, 1.165) is 19.5 Å². The van der Waals surface area contributed by atoms with Crippen molar-refractivity contribution in [1.82, 2.24) is 10.6 Å². The van der Waals surface area contributed by atoms with Gasteiger partial charge in [0.1, 0.15) is 0 Å². The molecule has 0 aromatic carbocycles. The minimum Gasteiger partial charge on any atom is -0.338 e. The quantitative estimate of drug-likeness (QED) is 0.553. The van der Waals surface area contributed by atoms with Crippen molar-refractivity contribution in [3.05, 3.63) is 0 Å². The van der Waals surface area contributed by atoms with Crippen LogP contribution in [-0.4, -0.2) is 19.1 Å². The molecule has 1 fully saturated rings. The maximum absolute atomic E-state index is 10.2. The van der Waals surface area contributed by atoms with Gasteiger partial charge in [-0.1, -0.05) is 0 Å². The third kappa shape index (κ3) is 2.16. The highest BCUT2D eigenvalue weighted by atomic mass is 79.9. The van der Waals surface area contributed by atoms with E-state index in [1.165, 1.54) is 0 Å². The first-order valence-corrected chi connectivity index (χ1v) is 2.41. The fourth-order valence-corrected chi connectivity index (χ4v) is 0.555. The number of carbonyl (C=O) groups is 1. The van der Waals surface area contributed by atoms with E-state index >= 15 is 0 Å². The average Bonchev–Trinajstić information content (AvgIpc) is 1.69. The second-order valence-corrected chi connectivity index (χ2v) is 1.54. The third-order valence-electron chi connectivity index (χ3n) is 0.925. The Kier molecular flexibility index (Phi) is 3.60. The predicted molar refractivity (Wildman–Crippen MR) is 36.3 cm³/mol. The van der Waals surface area contributed by atoms with Crippen molar-refractivity contribution in [3.8, 4) is 0 Å². The number of nitrogens with one attached hydrogen (secondary N) is 2. The summed E-state index contributed by atoms with van der Waals surface area (Å²) in [7, 11) is 0. The number of carbonyl (C=O) groups excluding carboxylic acids is 1. The highest BCUT2D eigenvalue weighted by Crippen LogP contribution is 1.79. The molecule has 0 bridgehead atoms. The van der Waals surface area contributed by atoms with Crippen LogP contribution in [0, 0.1) is 0 Å². The molecule has 1 saturated heterocycles. The second-order valence-electron chi connectivity index (χ2n) is 1.54. The number of rotatable bonds is 0. The second kappa shape index (κ2) is 3.72. The fraction of sp³-hybridized carbons (Fsp3) is 0.750. The van der Waals surface area contributed by atoms with Crippen LogP contribution in [0.25, 0.3) is 0 Å². The molecule has 2 amide bonds. The summed E-state index contributed by atoms with van der Waals surface area (Å²) in [5.41, 5.74) is 0. The van der Waals surface area contributed by atoms with Gasteiger partial charge in [-0.15, -0.1) is 17.0 Å². The largest absolute Gasteiger partial charge is 0.338 e. The Bertz CT molecular complexity index is 78.1. The average molecular weight is 181 g/mol. The number of hydrogen-bond donors (Lipinski definition) is 2. The Hall–Kier alpha value is -0.250. The van der Waals surface area contributed by atoms with Crippen LogP contribution < -0.4 is 10.6 Å². The van der Waals surface area contributed by atoms with E-state index in [9.17, 15) is 4.79 Å². The lowest BCUT2D eigenvalue weighted by atomic mass is 10.4. The van der Waals surface area contributed by atoms with Crippen LogP contribution in [0.5, 0.6) is 0 Å². The van der Waals surface area contributed by atoms with E-state index in [1.54, 1.807) is 0 Å². The van der Waals surface area contributed by atoms with E-state index in [-0.39, 0.29) is 23.0 Å². The summed E-state index contributed by atoms with van der Waals surface area (Å²) >= 11 is 0. The van der Waals surface area contributed by atoms with Crippen LogP contribution in [0.4, 0.5) is 4.79 Å². The summed E-state index contributed by atoms with van der Waals surface area (Å²) < 4.78 is 0. The van der Waals surface area contributed by atoms with Gasteiger partial charge in [-0.05, 0) is 6.42 Å². The molecule has 0 aromatic heterocycles. The summed E-state index contributed by atoms with van der Waals surface area (Å²) in [4.78, 5) is 10.2. The molecule has 0 unspecified atom stereocenters. The van der Waals surface area contributed by atoms with Crippen molar-refractivity contribution in [2.75, 3.05) is 13.1 Å². The topological polar surface area (TPSA) is 41.1 Å². The Labute approximate surface area is 58.6 Å². The van der Waals surface area contributed by atoms with Gasteiger partial charge < -0.3 is 10.6 Å². The summed E-state index contributed by atoms with van der Waals surface area (Å²) in [6.45, 7) is 1.65. The molecule has 48 valence electrons. The van der Waals surface area contributed by atoms with E-state index in [4.69, 9.17) is 0 Å². The Morgan fingerprint density at radius 3 is 2.00 bits per heavy atom. The summed E-state index contributed by atoms with van der Waals surface area (Å²) in [6.07, 6.45) is 1.05. The molecule has 0 spiro atoms. The standard InChI is InChI=1S/C4H8N2O.BrH/c7-4-5-2-1-3-6-4;/h1-3H2,(H2,5,6,7);1H. The van der Waals surface area contributed by atoms with Gasteiger partial charge in [-0.3, -0.25) is 0 Å². The minimum atomic E-state index is -0.0359. The van der Waals surface area contributed by atoms with Crippen molar-refractivity contribution in [3.63, 3.8) is 0 Å². The lowest BCUT2D eigenvalue weighted by molar-refractivity contribution is 0.236. The monoisotopic (exact) mass is 180 g/mol. The van der Waals surface area contributed by atoms with Crippen LogP contribution in [0.2, 0.25) is 0 Å². The maximum atomic E-state index is 10.2. The molecule has 0 atom stereocenters. The molecule has 1 rings (SSSR count). The Morgan fingerprint density at radius 1 is 1.25 bits per heavy atom. The van der Waals surface area contributed by atoms with Gasteiger partial charge in [-0.2, -0.15) is 0 Å². The van der Waals surface area contributed by atoms with E-state index in [2.05, 4.69) is 10.6 Å². The number of halogens is 1. The minimum absolute atomic E-state index is 0. The molecule has 1 heterocycles. The van der Waals surface area contributed by atoms with Gasteiger partial charge in [0, 0.05) is 13.1 Å². The van der Waals surface area contributed by atoms with Crippen LogP contribution in [0.3, 0.4) is 0 Å². The van der Waals surface area contributed by atoms with E-state index in [0.29, 0.717) is 0 Å². The van der Waals surface area contributed by atoms with Crippen molar-refractivity contribution in [1.29, 1.82) is 0 Å². The molecule has 0 aliphatic carbocycles. The third-order valence-corrected chi connectivity index (χ3v) is 0.925. The number of hydrogen-bond acceptors (Lipinski definition) is 1. The first kappa shape index (κ1) is 7.75. The van der Waals surface area contributed by atoms with Gasteiger partial charge in [0.05, 0.1) is 0 Å². The smallest absolute Gasteiger partial charge is 0.314 e. The number of amides is 2. The van der Waals surface area contributed by atoms with Crippen LogP contribution in [-0.2, 0) is 0 Å². The van der Waals surface area contributed by atoms with E-state index < -0.39 is 0 Å². The Balaban J connectivity index is 0.000000490. The predicted octanol–water partition coefficient (Wildman–Crippen LogP) is 0.267. The molecule has 0 aromatic rings. The van der Waals surface area contributed by atoms with E-state index in [1.807, 2.05) is 0 Å². The van der Waals surface area contributed by atoms with Crippen LogP contribution >= 0.6 is 17.0 Å². The Morgan fingerprint density at radius 2 is 1.75 bits per heavy atom. The fourth-order valence-electron chi connectivity index (χ4n) is 0.555. The summed E-state index contributed by atoms with van der Waals surface area (Å²) in [5, 5.41) is 5.26. The van der Waals surface area contributed by atoms with Gasteiger partial charge in [0.25, 0.3) is 0 Å². The molecule has 1 aliphatic rings. The van der Waals surface area contributed by atoms with Gasteiger partial charge >= 0.3 is 6.03 Å². The molecule has 2 N–H and O–H groups in total. The summed E-state index contributed by atoms with van der Waals surface area (Å²) in [6, 6.07) is -0.0359.